The van der Waals surface area contributed by atoms with Gasteiger partial charge in [0.1, 0.15) is 0 Å². The van der Waals surface area contributed by atoms with E-state index in [4.69, 9.17) is 10.9 Å². The SMILES string of the molecule is CCCCCCCCOC(=O)C[S][SnH]([CH3])[O][SnH]([CH3])[S]CC(=O)OCCCCCCCC. The molecular formula is C22H46O5S2Sn2. The van der Waals surface area contributed by atoms with Crippen LogP contribution in [0, 0.1) is 0 Å². The Morgan fingerprint density at radius 3 is 1.35 bits per heavy atom. The summed E-state index contributed by atoms with van der Waals surface area (Å²) in [7, 11) is 3.37. The van der Waals surface area contributed by atoms with Gasteiger partial charge in [0.2, 0.25) is 0 Å². The Kier molecular flexibility index (Phi) is 25.3. The molecule has 0 rings (SSSR count). The van der Waals surface area contributed by atoms with Gasteiger partial charge in [-0.1, -0.05) is 0 Å². The first-order valence-corrected chi connectivity index (χ1v) is 31.6. The van der Waals surface area contributed by atoms with E-state index in [0.29, 0.717) is 24.7 Å². The number of carbonyl (C=O) groups excluding carboxylic acids is 2. The fraction of sp³-hybridized carbons (Fsp3) is 0.909. The van der Waals surface area contributed by atoms with Crippen molar-refractivity contribution in [3.8, 4) is 0 Å². The van der Waals surface area contributed by atoms with Gasteiger partial charge in [-0.05, 0) is 0 Å². The van der Waals surface area contributed by atoms with Crippen molar-refractivity contribution in [2.75, 3.05) is 24.7 Å². The summed E-state index contributed by atoms with van der Waals surface area (Å²) >= 11 is -4.33. The van der Waals surface area contributed by atoms with E-state index in [1.54, 1.807) is 17.9 Å². The third kappa shape index (κ3) is 24.1. The molecule has 0 amide bonds. The molecule has 0 saturated carbocycles. The van der Waals surface area contributed by atoms with Crippen molar-refractivity contribution in [1.82, 2.24) is 0 Å². The van der Waals surface area contributed by atoms with Crippen LogP contribution < -0.4 is 0 Å². The van der Waals surface area contributed by atoms with E-state index in [9.17, 15) is 9.59 Å². The van der Waals surface area contributed by atoms with E-state index in [1.165, 1.54) is 51.4 Å². The number of esters is 2. The van der Waals surface area contributed by atoms with Gasteiger partial charge in [0.25, 0.3) is 0 Å². The van der Waals surface area contributed by atoms with Crippen LogP contribution in [0.25, 0.3) is 0 Å². The van der Waals surface area contributed by atoms with E-state index in [1.807, 2.05) is 0 Å². The molecule has 0 radical (unpaired) electrons. The van der Waals surface area contributed by atoms with Gasteiger partial charge in [-0.2, -0.15) is 0 Å². The van der Waals surface area contributed by atoms with Gasteiger partial charge in [0, 0.05) is 0 Å². The van der Waals surface area contributed by atoms with Crippen molar-refractivity contribution < 1.29 is 20.5 Å². The van der Waals surface area contributed by atoms with Crippen LogP contribution in [-0.2, 0) is 20.5 Å². The van der Waals surface area contributed by atoms with Crippen LogP contribution in [0.4, 0.5) is 0 Å². The molecule has 0 aliphatic heterocycles. The number of unbranched alkanes of at least 4 members (excludes halogenated alkanes) is 10. The first kappa shape index (κ1) is 32.2. The van der Waals surface area contributed by atoms with Crippen LogP contribution in [0.2, 0.25) is 9.88 Å². The summed E-state index contributed by atoms with van der Waals surface area (Å²) < 4.78 is 16.9. The molecule has 9 heteroatoms. The van der Waals surface area contributed by atoms with Crippen molar-refractivity contribution in [1.29, 1.82) is 0 Å². The predicted molar refractivity (Wildman–Crippen MR) is 141 cm³/mol. The molecule has 5 nitrogen and oxygen atoms in total. The average molecular weight is 692 g/mol. The standard InChI is InChI=1S/2C10H20O2S.2CH3.O.2Sn.2H/c2*1-2-3-4-5-6-7-8-12-10(11)9-13;;;;;;;/h2*13H,2-9H2,1H3;2*1H3;;;;;/q;;;;;2*+1;;/p-2. The van der Waals surface area contributed by atoms with Gasteiger partial charge >= 0.3 is 213 Å². The topological polar surface area (TPSA) is 61.8 Å². The van der Waals surface area contributed by atoms with Gasteiger partial charge in [0.05, 0.1) is 0 Å². The van der Waals surface area contributed by atoms with E-state index >= 15 is 0 Å². The van der Waals surface area contributed by atoms with Crippen molar-refractivity contribution in [2.24, 2.45) is 0 Å². The molecule has 0 aromatic carbocycles. The van der Waals surface area contributed by atoms with E-state index in [-0.39, 0.29) is 11.9 Å². The molecule has 0 heterocycles. The van der Waals surface area contributed by atoms with E-state index in [2.05, 4.69) is 23.7 Å². The molecule has 0 aromatic heterocycles. The summed E-state index contributed by atoms with van der Waals surface area (Å²) in [5.41, 5.74) is 0. The van der Waals surface area contributed by atoms with Crippen LogP contribution in [-0.4, -0.2) is 74.2 Å². The van der Waals surface area contributed by atoms with E-state index < -0.39 is 37.6 Å². The van der Waals surface area contributed by atoms with Crippen LogP contribution in [0.15, 0.2) is 0 Å². The van der Waals surface area contributed by atoms with E-state index in [0.717, 1.165) is 25.7 Å². The van der Waals surface area contributed by atoms with Crippen molar-refractivity contribution in [3.63, 3.8) is 0 Å². The zero-order valence-electron chi connectivity index (χ0n) is 20.3. The van der Waals surface area contributed by atoms with Crippen LogP contribution in [0.3, 0.4) is 0 Å². The molecule has 0 spiro atoms. The van der Waals surface area contributed by atoms with Crippen LogP contribution >= 0.6 is 17.9 Å². The normalized spacial score (nSPS) is 13.0. The Morgan fingerprint density at radius 1 is 0.613 bits per heavy atom. The molecule has 0 N–H and O–H groups in total. The quantitative estimate of drug-likeness (QED) is 0.0787. The Bertz CT molecular complexity index is 406. The first-order chi connectivity index (χ1) is 15.0. The maximum atomic E-state index is 11.9. The van der Waals surface area contributed by atoms with Gasteiger partial charge in [-0.25, -0.2) is 0 Å². The summed E-state index contributed by atoms with van der Waals surface area (Å²) in [4.78, 5) is 28.1. The molecule has 2 atom stereocenters. The summed E-state index contributed by atoms with van der Waals surface area (Å²) in [6.45, 7) is 5.51. The van der Waals surface area contributed by atoms with Crippen molar-refractivity contribution >= 4 is 67.4 Å². The Hall–Kier alpha value is 1.20. The Labute approximate surface area is 211 Å². The summed E-state index contributed by atoms with van der Waals surface area (Å²) in [5, 5.41) is 0. The van der Waals surface area contributed by atoms with Crippen molar-refractivity contribution in [2.45, 2.75) is 101 Å². The number of ether oxygens (including phenoxy) is 2. The predicted octanol–water partition coefficient (Wildman–Crippen LogP) is 5.98. The second-order valence-electron chi connectivity index (χ2n) is 7.87. The minimum atomic E-state index is -2.16. The monoisotopic (exact) mass is 694 g/mol. The fourth-order valence-electron chi connectivity index (χ4n) is 2.94. The molecule has 0 aromatic rings. The number of rotatable bonds is 22. The average Bonchev–Trinajstić information content (AvgIpc) is 2.75. The second kappa shape index (κ2) is 24.3. The molecule has 0 aliphatic carbocycles. The molecule has 0 fully saturated rings. The summed E-state index contributed by atoms with van der Waals surface area (Å²) in [6.07, 6.45) is 14.3. The maximum absolute atomic E-state index is 11.9. The second-order valence-corrected chi connectivity index (χ2v) is 36.2. The van der Waals surface area contributed by atoms with Crippen LogP contribution in [0.5, 0.6) is 0 Å². The fourth-order valence-corrected chi connectivity index (χ4v) is 50.8. The Balaban J connectivity index is 3.61. The molecule has 0 bridgehead atoms. The summed E-state index contributed by atoms with van der Waals surface area (Å²) in [6, 6.07) is 0. The number of hydrogen-bond donors (Lipinski definition) is 0. The Morgan fingerprint density at radius 2 is 0.968 bits per heavy atom. The zero-order chi connectivity index (χ0) is 23.2. The van der Waals surface area contributed by atoms with Gasteiger partial charge in [0.15, 0.2) is 0 Å². The van der Waals surface area contributed by atoms with Crippen LogP contribution in [0.1, 0.15) is 90.9 Å². The molecular weight excluding hydrogens is 646 g/mol. The van der Waals surface area contributed by atoms with Gasteiger partial charge in [-0.15, -0.1) is 0 Å². The molecule has 31 heavy (non-hydrogen) atoms. The third-order valence-electron chi connectivity index (χ3n) is 4.78. The zero-order valence-corrected chi connectivity index (χ0v) is 28.6. The van der Waals surface area contributed by atoms with Gasteiger partial charge < -0.3 is 0 Å². The number of carbonyl (C=O) groups is 2. The molecule has 2 unspecified atom stereocenters. The molecule has 0 saturated heterocycles. The van der Waals surface area contributed by atoms with Gasteiger partial charge in [-0.3, -0.25) is 0 Å². The third-order valence-corrected chi connectivity index (χ3v) is 44.3. The first-order valence-electron chi connectivity index (χ1n) is 12.2. The minimum absolute atomic E-state index is 0.112. The van der Waals surface area contributed by atoms with Crippen molar-refractivity contribution in [3.05, 3.63) is 0 Å². The molecule has 0 aliphatic rings. The molecule has 184 valence electrons. The summed E-state index contributed by atoms with van der Waals surface area (Å²) in [5.74, 6) is 0.603. The number of hydrogen-bond acceptors (Lipinski definition) is 7.